The first-order valence-corrected chi connectivity index (χ1v) is 15.1. The van der Waals surface area contributed by atoms with E-state index in [2.05, 4.69) is 34.3 Å². The normalized spacial score (nSPS) is 45.9. The van der Waals surface area contributed by atoms with Crippen LogP contribution in [0.3, 0.4) is 0 Å². The van der Waals surface area contributed by atoms with Gasteiger partial charge in [0, 0.05) is 6.42 Å². The van der Waals surface area contributed by atoms with Crippen molar-refractivity contribution in [3.05, 3.63) is 12.2 Å². The molecule has 5 fully saturated rings. The fourth-order valence-electron chi connectivity index (χ4n) is 9.66. The Morgan fingerprint density at radius 3 is 2.23 bits per heavy atom. The maximum atomic E-state index is 11.0. The van der Waals surface area contributed by atoms with Crippen LogP contribution < -0.4 is 0 Å². The van der Waals surface area contributed by atoms with Crippen molar-refractivity contribution in [2.75, 3.05) is 0 Å². The predicted octanol–water partition coefficient (Wildman–Crippen LogP) is 8.65. The molecular weight excluding hydrogens is 432 g/mol. The van der Waals surface area contributed by atoms with Crippen LogP contribution in [0.25, 0.3) is 0 Å². The first kappa shape index (κ1) is 28.7. The predicted molar refractivity (Wildman–Crippen MR) is 146 cm³/mol. The number of aliphatic hydroxyl groups is 1. The number of carboxylic acids is 1. The molecule has 0 aliphatic heterocycles. The summed E-state index contributed by atoms with van der Waals surface area (Å²) in [7, 11) is 0. The Morgan fingerprint density at radius 2 is 1.66 bits per heavy atom. The Labute approximate surface area is 216 Å². The summed E-state index contributed by atoms with van der Waals surface area (Å²) in [6.07, 6.45) is 16.0. The van der Waals surface area contributed by atoms with Crippen molar-refractivity contribution >= 4 is 5.97 Å². The summed E-state index contributed by atoms with van der Waals surface area (Å²) in [5.74, 6) is 3.29. The first-order chi connectivity index (χ1) is 16.5. The number of allylic oxidation sites excluding steroid dienone is 1. The Balaban J connectivity index is 0.000000428. The second-order valence-corrected chi connectivity index (χ2v) is 13.6. The maximum absolute atomic E-state index is 11.0. The molecule has 0 aromatic carbocycles. The van der Waals surface area contributed by atoms with Crippen molar-refractivity contribution in [2.45, 2.75) is 138 Å². The fourth-order valence-corrected chi connectivity index (χ4v) is 9.66. The standard InChI is InChI=1S/C25H42O3.C5H8.C2H6/c1-16-14-23(2)15-18(26)10-13-25(23,4)20-11-12-24(3)17(6-5-7-21(27)28)8-9-19(24)22(16)20;1-5-3-2-4-5;1-2/h16-20,22,26H,5-15H2,1-4H3,(H,27,28);1-4H2;1-2H3/t16?,17?,18-,19?,20?,22?,23?,24?,25?;;/m1../s1. The molecule has 8 unspecified atom stereocenters. The van der Waals surface area contributed by atoms with Crippen LogP contribution in [-0.2, 0) is 4.79 Å². The molecule has 0 aromatic rings. The Kier molecular flexibility index (Phi) is 9.26. The number of carbonyl (C=O) groups is 1. The molecule has 0 radical (unpaired) electrons. The molecule has 3 heteroatoms. The SMILES string of the molecule is C=C1CCC1.CC.CC1CC2(C)C[C@H](O)CCC2(C)C2CCC3(C)C(CCCC(=O)O)CCC3C12. The van der Waals surface area contributed by atoms with Gasteiger partial charge in [-0.3, -0.25) is 4.79 Å². The van der Waals surface area contributed by atoms with Gasteiger partial charge in [-0.15, -0.1) is 0 Å². The summed E-state index contributed by atoms with van der Waals surface area (Å²) in [6, 6.07) is 0. The van der Waals surface area contributed by atoms with Gasteiger partial charge in [-0.2, -0.15) is 0 Å². The van der Waals surface area contributed by atoms with Crippen LogP contribution in [0.4, 0.5) is 0 Å². The molecule has 0 bridgehead atoms. The van der Waals surface area contributed by atoms with Gasteiger partial charge < -0.3 is 10.2 Å². The smallest absolute Gasteiger partial charge is 0.303 e. The van der Waals surface area contributed by atoms with E-state index in [0.717, 1.165) is 55.3 Å². The first-order valence-electron chi connectivity index (χ1n) is 15.1. The summed E-state index contributed by atoms with van der Waals surface area (Å²) < 4.78 is 0. The highest BCUT2D eigenvalue weighted by Gasteiger charge is 2.64. The van der Waals surface area contributed by atoms with Gasteiger partial charge in [0.1, 0.15) is 0 Å². The molecule has 0 amide bonds. The zero-order valence-corrected chi connectivity index (χ0v) is 23.9. The van der Waals surface area contributed by atoms with Crippen molar-refractivity contribution < 1.29 is 15.0 Å². The summed E-state index contributed by atoms with van der Waals surface area (Å²) in [6.45, 7) is 17.9. The summed E-state index contributed by atoms with van der Waals surface area (Å²) in [4.78, 5) is 11.0. The minimum absolute atomic E-state index is 0.0965. The quantitative estimate of drug-likeness (QED) is 0.389. The van der Waals surface area contributed by atoms with Crippen LogP contribution in [0.15, 0.2) is 12.2 Å². The van der Waals surface area contributed by atoms with E-state index in [1.165, 1.54) is 63.4 Å². The van der Waals surface area contributed by atoms with E-state index in [1.807, 2.05) is 13.8 Å². The number of fused-ring (bicyclic) bond motifs is 5. The lowest BCUT2D eigenvalue weighted by Crippen LogP contribution is -2.60. The van der Waals surface area contributed by atoms with Crippen LogP contribution in [0.2, 0.25) is 0 Å². The third-order valence-corrected chi connectivity index (χ3v) is 11.8. The van der Waals surface area contributed by atoms with Gasteiger partial charge in [-0.1, -0.05) is 53.7 Å². The van der Waals surface area contributed by atoms with Crippen molar-refractivity contribution in [1.29, 1.82) is 0 Å². The van der Waals surface area contributed by atoms with Gasteiger partial charge in [0.2, 0.25) is 0 Å². The molecule has 2 N–H and O–H groups in total. The van der Waals surface area contributed by atoms with Crippen LogP contribution in [-0.4, -0.2) is 22.3 Å². The average molecular weight is 489 g/mol. The Morgan fingerprint density at radius 1 is 1.00 bits per heavy atom. The van der Waals surface area contributed by atoms with E-state index in [1.54, 1.807) is 0 Å². The van der Waals surface area contributed by atoms with E-state index in [0.29, 0.717) is 22.7 Å². The van der Waals surface area contributed by atoms with Crippen molar-refractivity contribution in [1.82, 2.24) is 0 Å². The second-order valence-electron chi connectivity index (χ2n) is 13.6. The van der Waals surface area contributed by atoms with E-state index >= 15 is 0 Å². The largest absolute Gasteiger partial charge is 0.481 e. The number of aliphatic hydroxyl groups excluding tert-OH is 1. The summed E-state index contributed by atoms with van der Waals surface area (Å²) >= 11 is 0. The van der Waals surface area contributed by atoms with Gasteiger partial charge in [-0.05, 0) is 129 Å². The minimum atomic E-state index is -0.643. The molecule has 5 rings (SSSR count). The van der Waals surface area contributed by atoms with Crippen molar-refractivity contribution in [3.63, 3.8) is 0 Å². The third kappa shape index (κ3) is 5.41. The molecular formula is C32H56O3. The van der Waals surface area contributed by atoms with Crippen LogP contribution >= 0.6 is 0 Å². The topological polar surface area (TPSA) is 57.5 Å². The minimum Gasteiger partial charge on any atom is -0.481 e. The number of hydrogen-bond acceptors (Lipinski definition) is 2. The highest BCUT2D eigenvalue weighted by molar-refractivity contribution is 5.66. The van der Waals surface area contributed by atoms with Gasteiger partial charge in [-0.25, -0.2) is 0 Å². The molecule has 0 saturated heterocycles. The molecule has 0 spiro atoms. The van der Waals surface area contributed by atoms with Gasteiger partial charge >= 0.3 is 5.97 Å². The molecule has 0 aromatic heterocycles. The molecule has 0 heterocycles. The monoisotopic (exact) mass is 488 g/mol. The van der Waals surface area contributed by atoms with Crippen LogP contribution in [0.1, 0.15) is 131 Å². The molecule has 5 saturated carbocycles. The highest BCUT2D eigenvalue weighted by atomic mass is 16.4. The molecule has 202 valence electrons. The lowest BCUT2D eigenvalue weighted by molar-refractivity contribution is -0.189. The maximum Gasteiger partial charge on any atom is 0.303 e. The zero-order chi connectivity index (χ0) is 26.0. The summed E-state index contributed by atoms with van der Waals surface area (Å²) in [5, 5.41) is 19.5. The van der Waals surface area contributed by atoms with Gasteiger partial charge in [0.25, 0.3) is 0 Å². The fraction of sp³-hybridized carbons (Fsp3) is 0.906. The van der Waals surface area contributed by atoms with Crippen molar-refractivity contribution in [3.8, 4) is 0 Å². The van der Waals surface area contributed by atoms with Crippen LogP contribution in [0.5, 0.6) is 0 Å². The highest BCUT2D eigenvalue weighted by Crippen LogP contribution is 2.72. The average Bonchev–Trinajstić information content (AvgIpc) is 3.11. The van der Waals surface area contributed by atoms with E-state index in [4.69, 9.17) is 5.11 Å². The third-order valence-electron chi connectivity index (χ3n) is 11.8. The number of carboxylic acid groups (broad SMARTS) is 1. The van der Waals surface area contributed by atoms with E-state index in [-0.39, 0.29) is 6.10 Å². The molecule has 3 nitrogen and oxygen atoms in total. The van der Waals surface area contributed by atoms with Gasteiger partial charge in [0.05, 0.1) is 6.10 Å². The number of hydrogen-bond donors (Lipinski definition) is 2. The molecule has 9 atom stereocenters. The lowest BCUT2D eigenvalue weighted by atomic mass is 9.38. The van der Waals surface area contributed by atoms with Crippen molar-refractivity contribution in [2.24, 2.45) is 45.8 Å². The zero-order valence-electron chi connectivity index (χ0n) is 23.9. The van der Waals surface area contributed by atoms with Crippen LogP contribution in [0, 0.1) is 45.8 Å². The van der Waals surface area contributed by atoms with Gasteiger partial charge in [0.15, 0.2) is 0 Å². The van der Waals surface area contributed by atoms with E-state index < -0.39 is 5.97 Å². The second kappa shape index (κ2) is 11.3. The number of rotatable bonds is 4. The molecule has 35 heavy (non-hydrogen) atoms. The Bertz CT molecular complexity index is 739. The molecule has 5 aliphatic rings. The number of aliphatic carboxylic acids is 1. The Hall–Kier alpha value is -0.830. The summed E-state index contributed by atoms with van der Waals surface area (Å²) in [5.41, 5.74) is 2.53. The van der Waals surface area contributed by atoms with E-state index in [9.17, 15) is 9.90 Å². The lowest BCUT2D eigenvalue weighted by Gasteiger charge is -2.67. The molecule has 5 aliphatic carbocycles.